The maximum atomic E-state index is 10.2. The van der Waals surface area contributed by atoms with E-state index in [1.54, 1.807) is 0 Å². The molecule has 0 saturated carbocycles. The third kappa shape index (κ3) is 7.25. The Morgan fingerprint density at radius 1 is 0.726 bits per heavy atom. The first-order valence-electron chi connectivity index (χ1n) is 23.1. The zero-order valence-electron chi connectivity index (χ0n) is 36.7. The highest BCUT2D eigenvalue weighted by molar-refractivity contribution is 7.15. The maximum Gasteiger partial charge on any atom is 0.162 e. The molecule has 0 radical (unpaired) electrons. The summed E-state index contributed by atoms with van der Waals surface area (Å²) in [4.78, 5) is 14.5. The van der Waals surface area contributed by atoms with Gasteiger partial charge < -0.3 is 19.8 Å². The number of aromatic hydroxyl groups is 1. The van der Waals surface area contributed by atoms with Crippen LogP contribution in [0.4, 0.5) is 11.4 Å². The Balaban J connectivity index is 0.647. The molecule has 3 saturated heterocycles. The monoisotopic (exact) mass is 841 g/mol. The summed E-state index contributed by atoms with van der Waals surface area (Å²) in [5, 5.41) is 20.4. The lowest BCUT2D eigenvalue weighted by molar-refractivity contribution is 0.134. The average Bonchev–Trinajstić information content (AvgIpc) is 3.75. The molecule has 11 rings (SSSR count). The lowest BCUT2D eigenvalue weighted by atomic mass is 9.69. The minimum Gasteiger partial charge on any atom is -0.508 e. The van der Waals surface area contributed by atoms with E-state index in [9.17, 15) is 5.11 Å². The number of nitrogens with zero attached hydrogens (tertiary/aromatic N) is 7. The van der Waals surface area contributed by atoms with Crippen molar-refractivity contribution in [1.82, 2.24) is 19.7 Å². The van der Waals surface area contributed by atoms with Gasteiger partial charge >= 0.3 is 0 Å². The number of thiophene rings is 1. The Kier molecular flexibility index (Phi) is 10.3. The molecule has 0 bridgehead atoms. The highest BCUT2D eigenvalue weighted by Gasteiger charge is 2.36. The topological polar surface area (TPSA) is 73.0 Å². The van der Waals surface area contributed by atoms with Gasteiger partial charge in [0, 0.05) is 71.9 Å². The fraction of sp³-hybridized carbons (Fsp3) is 0.415. The van der Waals surface area contributed by atoms with Crippen molar-refractivity contribution in [2.24, 2.45) is 22.7 Å². The van der Waals surface area contributed by atoms with Crippen molar-refractivity contribution in [1.29, 1.82) is 0 Å². The van der Waals surface area contributed by atoms with Crippen molar-refractivity contribution in [2.75, 3.05) is 55.6 Å². The average molecular weight is 842 g/mol. The molecule has 9 heteroatoms. The summed E-state index contributed by atoms with van der Waals surface area (Å²) in [6.07, 6.45) is 6.15. The molecular formula is C53H59N7OS. The zero-order valence-corrected chi connectivity index (χ0v) is 37.5. The van der Waals surface area contributed by atoms with Crippen LogP contribution in [0.15, 0.2) is 102 Å². The first kappa shape index (κ1) is 39.6. The fourth-order valence-corrected chi connectivity index (χ4v) is 12.8. The molecule has 0 spiro atoms. The number of hydrogen-bond donors (Lipinski definition) is 1. The van der Waals surface area contributed by atoms with E-state index in [1.165, 1.54) is 112 Å². The fourth-order valence-electron chi connectivity index (χ4n) is 11.5. The van der Waals surface area contributed by atoms with Crippen molar-refractivity contribution >= 4 is 28.4 Å². The van der Waals surface area contributed by atoms with E-state index in [-0.39, 0.29) is 6.04 Å². The van der Waals surface area contributed by atoms with Gasteiger partial charge in [-0.15, -0.1) is 21.5 Å². The minimum absolute atomic E-state index is 0.0641. The molecule has 1 N–H and O–H groups in total. The predicted molar refractivity (Wildman–Crippen MR) is 253 cm³/mol. The van der Waals surface area contributed by atoms with Gasteiger partial charge in [0.05, 0.1) is 5.71 Å². The number of aliphatic imine (C=N–C) groups is 1. The molecule has 0 amide bonds. The quantitative estimate of drug-likeness (QED) is 0.156. The Morgan fingerprint density at radius 3 is 2.15 bits per heavy atom. The number of aryl methyl sites for hydroxylation is 3. The summed E-state index contributed by atoms with van der Waals surface area (Å²) in [7, 11) is 0. The van der Waals surface area contributed by atoms with Crippen LogP contribution in [-0.2, 0) is 6.42 Å². The van der Waals surface area contributed by atoms with E-state index in [1.807, 2.05) is 30.4 Å². The van der Waals surface area contributed by atoms with Crippen LogP contribution in [0.5, 0.6) is 5.75 Å². The van der Waals surface area contributed by atoms with Gasteiger partial charge in [0.1, 0.15) is 22.6 Å². The second-order valence-corrected chi connectivity index (χ2v) is 20.3. The number of benzene rings is 4. The van der Waals surface area contributed by atoms with Gasteiger partial charge in [-0.05, 0) is 155 Å². The van der Waals surface area contributed by atoms with Crippen molar-refractivity contribution in [2.45, 2.75) is 77.7 Å². The van der Waals surface area contributed by atoms with Crippen LogP contribution in [0.3, 0.4) is 0 Å². The van der Waals surface area contributed by atoms with Gasteiger partial charge in [-0.25, -0.2) is 0 Å². The SMILES string of the molecule is Cc1sc2c(c1C)C(c1ccc(N3CC(CC4CCN(CC5CN(c6ccc([C@@H]7c8ccc(O)cc8CC[C@@H]7c7ccccc7)cc6)C5)CC4)C3)cc1)=N[C@@H](C)c1nnc(C)n1-2. The van der Waals surface area contributed by atoms with Crippen LogP contribution in [0.1, 0.15) is 106 Å². The smallest absolute Gasteiger partial charge is 0.162 e. The highest BCUT2D eigenvalue weighted by atomic mass is 32.1. The number of rotatable bonds is 9. The van der Waals surface area contributed by atoms with Gasteiger partial charge in [0.15, 0.2) is 5.82 Å². The van der Waals surface area contributed by atoms with Crippen LogP contribution >= 0.6 is 11.3 Å². The molecule has 4 aliphatic heterocycles. The third-order valence-electron chi connectivity index (χ3n) is 15.1. The normalized spacial score (nSPS) is 22.0. The summed E-state index contributed by atoms with van der Waals surface area (Å²) in [6.45, 7) is 17.0. The van der Waals surface area contributed by atoms with Crippen LogP contribution in [0, 0.1) is 38.5 Å². The van der Waals surface area contributed by atoms with E-state index in [4.69, 9.17) is 4.99 Å². The first-order chi connectivity index (χ1) is 30.2. The predicted octanol–water partition coefficient (Wildman–Crippen LogP) is 10.4. The van der Waals surface area contributed by atoms with Crippen LogP contribution in [0.2, 0.25) is 0 Å². The maximum absolute atomic E-state index is 10.2. The molecular weight excluding hydrogens is 783 g/mol. The number of phenols is 1. The van der Waals surface area contributed by atoms with Crippen molar-refractivity contribution in [3.8, 4) is 10.8 Å². The molecule has 6 aromatic rings. The minimum atomic E-state index is -0.0641. The Labute approximate surface area is 371 Å². The molecule has 2 aromatic heterocycles. The summed E-state index contributed by atoms with van der Waals surface area (Å²) in [5.41, 5.74) is 12.9. The number of likely N-dealkylation sites (tertiary alicyclic amines) is 1. The standard InChI is InChI=1S/C53H59N7OS/c1-33-35(3)62-53-49(33)51(54-34(2)52-56-55-36(4)60(52)53)42-12-17-45(18-13-42)58-29-38(30-58)26-37-22-24-57(25-23-37)28-39-31-59(32-39)44-15-10-41(11-16-44)50-47(40-8-6-5-7-9-40)20-14-43-27-46(61)19-21-48(43)50/h5-13,15-19,21,27,34,37-39,47,50,61H,14,20,22-26,28-32H2,1-4H3/t34-,47+,50-/m0/s1. The molecule has 0 unspecified atom stereocenters. The van der Waals surface area contributed by atoms with Gasteiger partial charge in [0.2, 0.25) is 0 Å². The summed E-state index contributed by atoms with van der Waals surface area (Å²) < 4.78 is 2.22. The third-order valence-corrected chi connectivity index (χ3v) is 16.3. The number of fused-ring (bicyclic) bond motifs is 4. The van der Waals surface area contributed by atoms with E-state index in [0.29, 0.717) is 17.6 Å². The van der Waals surface area contributed by atoms with E-state index >= 15 is 0 Å². The summed E-state index contributed by atoms with van der Waals surface area (Å²) >= 11 is 1.82. The van der Waals surface area contributed by atoms with Crippen molar-refractivity contribution < 1.29 is 5.11 Å². The molecule has 1 aliphatic carbocycles. The largest absolute Gasteiger partial charge is 0.508 e. The van der Waals surface area contributed by atoms with Crippen LogP contribution in [-0.4, -0.2) is 76.3 Å². The van der Waals surface area contributed by atoms with E-state index in [0.717, 1.165) is 61.0 Å². The number of hydrogen-bond acceptors (Lipinski definition) is 8. The number of phenolic OH excluding ortho intramolecular Hbond substituents is 1. The molecule has 3 atom stereocenters. The molecule has 8 nitrogen and oxygen atoms in total. The Morgan fingerprint density at radius 2 is 1.42 bits per heavy atom. The van der Waals surface area contributed by atoms with E-state index in [2.05, 4.69) is 135 Å². The summed E-state index contributed by atoms with van der Waals surface area (Å²) in [6, 6.07) is 35.6. The van der Waals surface area contributed by atoms with Gasteiger partial charge in [-0.3, -0.25) is 9.56 Å². The lowest BCUT2D eigenvalue weighted by Gasteiger charge is -2.46. The van der Waals surface area contributed by atoms with Crippen molar-refractivity contribution in [3.63, 3.8) is 0 Å². The second-order valence-electron chi connectivity index (χ2n) is 19.1. The Bertz CT molecular complexity index is 2590. The van der Waals surface area contributed by atoms with Crippen LogP contribution in [0.25, 0.3) is 5.00 Å². The number of piperidine rings is 1. The molecule has 62 heavy (non-hydrogen) atoms. The first-order valence-corrected chi connectivity index (χ1v) is 24.0. The molecule has 5 aliphatic rings. The van der Waals surface area contributed by atoms with Crippen LogP contribution < -0.4 is 9.80 Å². The number of aromatic nitrogens is 3. The highest BCUT2D eigenvalue weighted by Crippen LogP contribution is 2.47. The van der Waals surface area contributed by atoms with E-state index < -0.39 is 0 Å². The molecule has 3 fully saturated rings. The van der Waals surface area contributed by atoms with Crippen molar-refractivity contribution in [3.05, 3.63) is 153 Å². The Hall–Kier alpha value is -5.25. The van der Waals surface area contributed by atoms with Gasteiger partial charge in [0.25, 0.3) is 0 Å². The number of anilines is 2. The lowest BCUT2D eigenvalue weighted by Crippen LogP contribution is -2.53. The summed E-state index contributed by atoms with van der Waals surface area (Å²) in [5.74, 6) is 5.34. The molecule has 6 heterocycles. The van der Waals surface area contributed by atoms with Gasteiger partial charge in [-0.2, -0.15) is 0 Å². The zero-order chi connectivity index (χ0) is 42.1. The van der Waals surface area contributed by atoms with Gasteiger partial charge in [-0.1, -0.05) is 60.7 Å². The molecule has 318 valence electrons. The second kappa shape index (κ2) is 16.1. The molecule has 4 aromatic carbocycles.